The van der Waals surface area contributed by atoms with Crippen molar-refractivity contribution in [2.24, 2.45) is 0 Å². The molecule has 5 nitrogen and oxygen atoms in total. The summed E-state index contributed by atoms with van der Waals surface area (Å²) in [6.45, 7) is 8.40. The van der Waals surface area contributed by atoms with E-state index in [1.54, 1.807) is 0 Å². The van der Waals surface area contributed by atoms with Crippen LogP contribution in [0, 0.1) is 0 Å². The Hall–Kier alpha value is -1.10. The predicted octanol–water partition coefficient (Wildman–Crippen LogP) is 3.53. The lowest BCUT2D eigenvalue weighted by molar-refractivity contribution is 0.660. The molecule has 0 unspecified atom stereocenters. The molecular formula is C15H26ClN5. The summed E-state index contributed by atoms with van der Waals surface area (Å²) in [5, 5.41) is 0.305. The summed E-state index contributed by atoms with van der Waals surface area (Å²) >= 11 is 6.13. The molecule has 1 saturated heterocycles. The van der Waals surface area contributed by atoms with Crippen LogP contribution in [-0.4, -0.2) is 41.1 Å². The molecule has 0 saturated carbocycles. The topological polar surface area (TPSA) is 45.2 Å². The van der Waals surface area contributed by atoms with Gasteiger partial charge in [-0.25, -0.2) is 0 Å². The number of unbranched alkanes of at least 4 members (excludes halogenated alkanes) is 2. The molecule has 1 aromatic heterocycles. The summed E-state index contributed by atoms with van der Waals surface area (Å²) in [6.07, 6.45) is 7.03. The molecule has 2 rings (SSSR count). The molecular weight excluding hydrogens is 286 g/mol. The highest BCUT2D eigenvalue weighted by Crippen LogP contribution is 2.21. The van der Waals surface area contributed by atoms with Crippen molar-refractivity contribution in [2.75, 3.05) is 36.0 Å². The van der Waals surface area contributed by atoms with Gasteiger partial charge in [0.15, 0.2) is 0 Å². The first kappa shape index (κ1) is 16.3. The van der Waals surface area contributed by atoms with Gasteiger partial charge < -0.3 is 9.80 Å². The van der Waals surface area contributed by atoms with E-state index in [2.05, 4.69) is 38.6 Å². The number of hydrogen-bond donors (Lipinski definition) is 0. The molecule has 0 N–H and O–H groups in total. The average molecular weight is 312 g/mol. The van der Waals surface area contributed by atoms with Crippen LogP contribution in [0.1, 0.15) is 52.4 Å². The number of hydrogen-bond acceptors (Lipinski definition) is 5. The fourth-order valence-electron chi connectivity index (χ4n) is 2.54. The lowest BCUT2D eigenvalue weighted by atomic mass is 10.3. The van der Waals surface area contributed by atoms with Crippen LogP contribution in [0.25, 0.3) is 0 Å². The van der Waals surface area contributed by atoms with Crippen molar-refractivity contribution in [1.82, 2.24) is 15.0 Å². The van der Waals surface area contributed by atoms with E-state index in [4.69, 9.17) is 11.6 Å². The van der Waals surface area contributed by atoms with Gasteiger partial charge in [0, 0.05) is 26.2 Å². The summed E-state index contributed by atoms with van der Waals surface area (Å²) < 4.78 is 0. The molecule has 1 fully saturated rings. The molecule has 1 aliphatic heterocycles. The second-order valence-electron chi connectivity index (χ2n) is 5.59. The first-order chi connectivity index (χ1) is 10.2. The second kappa shape index (κ2) is 8.37. The average Bonchev–Trinajstić information content (AvgIpc) is 3.01. The number of halogens is 1. The Balaban J connectivity index is 2.17. The van der Waals surface area contributed by atoms with Gasteiger partial charge in [-0.2, -0.15) is 15.0 Å². The fraction of sp³-hybridized carbons (Fsp3) is 0.800. The molecule has 0 spiro atoms. The third-order valence-electron chi connectivity index (χ3n) is 3.82. The second-order valence-corrected chi connectivity index (χ2v) is 5.93. The summed E-state index contributed by atoms with van der Waals surface area (Å²) in [7, 11) is 0. The zero-order valence-corrected chi connectivity index (χ0v) is 13.9. The Bertz CT molecular complexity index is 426. The molecule has 0 aromatic carbocycles. The molecule has 0 bridgehead atoms. The molecule has 0 atom stereocenters. The molecule has 6 heteroatoms. The molecule has 0 amide bonds. The van der Waals surface area contributed by atoms with E-state index in [1.165, 1.54) is 25.7 Å². The molecule has 0 aliphatic carbocycles. The third-order valence-corrected chi connectivity index (χ3v) is 3.99. The molecule has 21 heavy (non-hydrogen) atoms. The largest absolute Gasteiger partial charge is 0.341 e. The monoisotopic (exact) mass is 311 g/mol. The summed E-state index contributed by atoms with van der Waals surface area (Å²) in [5.74, 6) is 1.47. The minimum absolute atomic E-state index is 0.305. The molecule has 118 valence electrons. The summed E-state index contributed by atoms with van der Waals surface area (Å²) in [4.78, 5) is 17.8. The van der Waals surface area contributed by atoms with Crippen molar-refractivity contribution in [1.29, 1.82) is 0 Å². The third kappa shape index (κ3) is 4.70. The first-order valence-electron chi connectivity index (χ1n) is 8.16. The van der Waals surface area contributed by atoms with Crippen molar-refractivity contribution in [3.8, 4) is 0 Å². The van der Waals surface area contributed by atoms with Crippen molar-refractivity contribution >= 4 is 23.5 Å². The van der Waals surface area contributed by atoms with Gasteiger partial charge in [-0.1, -0.05) is 26.7 Å². The van der Waals surface area contributed by atoms with E-state index < -0.39 is 0 Å². The van der Waals surface area contributed by atoms with Crippen LogP contribution in [-0.2, 0) is 0 Å². The smallest absolute Gasteiger partial charge is 0.231 e. The number of aromatic nitrogens is 3. The minimum Gasteiger partial charge on any atom is -0.341 e. The van der Waals surface area contributed by atoms with Crippen LogP contribution < -0.4 is 9.80 Å². The SMILES string of the molecule is CCCCN(CCCC)c1nc(Cl)nc(N2CCCC2)n1. The van der Waals surface area contributed by atoms with Crippen LogP contribution >= 0.6 is 11.6 Å². The van der Waals surface area contributed by atoms with E-state index in [9.17, 15) is 0 Å². The van der Waals surface area contributed by atoms with Crippen molar-refractivity contribution in [3.05, 3.63) is 5.28 Å². The van der Waals surface area contributed by atoms with E-state index in [1.807, 2.05) is 0 Å². The molecule has 2 heterocycles. The van der Waals surface area contributed by atoms with E-state index in [0.717, 1.165) is 50.9 Å². The van der Waals surface area contributed by atoms with Gasteiger partial charge in [-0.15, -0.1) is 0 Å². The van der Waals surface area contributed by atoms with Crippen LogP contribution in [0.2, 0.25) is 5.28 Å². The predicted molar refractivity (Wildman–Crippen MR) is 88.3 cm³/mol. The van der Waals surface area contributed by atoms with Gasteiger partial charge >= 0.3 is 0 Å². The maximum Gasteiger partial charge on any atom is 0.231 e. The maximum absolute atomic E-state index is 6.13. The minimum atomic E-state index is 0.305. The molecule has 1 aliphatic rings. The van der Waals surface area contributed by atoms with Crippen molar-refractivity contribution in [3.63, 3.8) is 0 Å². The van der Waals surface area contributed by atoms with Crippen LogP contribution in [0.4, 0.5) is 11.9 Å². The van der Waals surface area contributed by atoms with Gasteiger partial charge in [0.25, 0.3) is 0 Å². The van der Waals surface area contributed by atoms with Crippen LogP contribution in [0.3, 0.4) is 0 Å². The zero-order chi connectivity index (χ0) is 15.1. The van der Waals surface area contributed by atoms with Gasteiger partial charge in [0.2, 0.25) is 17.2 Å². The highest BCUT2D eigenvalue weighted by molar-refractivity contribution is 6.28. The van der Waals surface area contributed by atoms with E-state index in [-0.39, 0.29) is 0 Å². The molecule has 1 aromatic rings. The van der Waals surface area contributed by atoms with Crippen molar-refractivity contribution in [2.45, 2.75) is 52.4 Å². The lowest BCUT2D eigenvalue weighted by Crippen LogP contribution is -2.29. The standard InChI is InChI=1S/C15H26ClN5/c1-3-5-9-20(10-6-4-2)14-17-13(16)18-15(19-14)21-11-7-8-12-21/h3-12H2,1-2H3. The van der Waals surface area contributed by atoms with E-state index in [0.29, 0.717) is 5.28 Å². The lowest BCUT2D eigenvalue weighted by Gasteiger charge is -2.24. The van der Waals surface area contributed by atoms with Gasteiger partial charge in [-0.3, -0.25) is 0 Å². The Morgan fingerprint density at radius 3 is 2.19 bits per heavy atom. The Morgan fingerprint density at radius 1 is 1.00 bits per heavy atom. The first-order valence-corrected chi connectivity index (χ1v) is 8.53. The zero-order valence-electron chi connectivity index (χ0n) is 13.2. The van der Waals surface area contributed by atoms with Crippen LogP contribution in [0.15, 0.2) is 0 Å². The highest BCUT2D eigenvalue weighted by Gasteiger charge is 2.19. The number of rotatable bonds is 8. The van der Waals surface area contributed by atoms with Gasteiger partial charge in [-0.05, 0) is 37.3 Å². The highest BCUT2D eigenvalue weighted by atomic mass is 35.5. The Labute approximate surface area is 132 Å². The molecule has 0 radical (unpaired) electrons. The van der Waals surface area contributed by atoms with E-state index >= 15 is 0 Å². The van der Waals surface area contributed by atoms with Crippen molar-refractivity contribution < 1.29 is 0 Å². The van der Waals surface area contributed by atoms with Gasteiger partial charge in [0.1, 0.15) is 0 Å². The number of nitrogens with zero attached hydrogens (tertiary/aromatic N) is 5. The summed E-state index contributed by atoms with van der Waals surface area (Å²) in [5.41, 5.74) is 0. The Kier molecular flexibility index (Phi) is 6.49. The quantitative estimate of drug-likeness (QED) is 0.735. The fourth-order valence-corrected chi connectivity index (χ4v) is 2.69. The maximum atomic E-state index is 6.13. The normalized spacial score (nSPS) is 14.7. The Morgan fingerprint density at radius 2 is 1.62 bits per heavy atom. The summed E-state index contributed by atoms with van der Waals surface area (Å²) in [6, 6.07) is 0. The van der Waals surface area contributed by atoms with Gasteiger partial charge in [0.05, 0.1) is 0 Å². The van der Waals surface area contributed by atoms with Crippen LogP contribution in [0.5, 0.6) is 0 Å². The number of anilines is 2.